The molecule has 1 aliphatic rings. The molecule has 1 aromatic heterocycles. The van der Waals surface area contributed by atoms with Crippen molar-refractivity contribution in [3.05, 3.63) is 71.0 Å². The molecular weight excluding hydrogens is 431 g/mol. The predicted octanol–water partition coefficient (Wildman–Crippen LogP) is 4.63. The van der Waals surface area contributed by atoms with E-state index in [2.05, 4.69) is 4.98 Å². The second-order valence-electron chi connectivity index (χ2n) is 7.54. The van der Waals surface area contributed by atoms with Crippen LogP contribution in [0.15, 0.2) is 53.9 Å². The lowest BCUT2D eigenvalue weighted by molar-refractivity contribution is -0.127. The number of hydrogen-bond donors (Lipinski definition) is 0. The van der Waals surface area contributed by atoms with Crippen LogP contribution < -0.4 is 9.80 Å². The van der Waals surface area contributed by atoms with E-state index < -0.39 is 17.9 Å². The number of carbonyl (C=O) groups excluding carboxylic acids is 3. The fraction of sp³-hybridized carbons (Fsp3) is 0.217. The molecule has 32 heavy (non-hydrogen) atoms. The maximum absolute atomic E-state index is 13.3. The molecule has 4 amide bonds. The number of aromatic nitrogens is 1. The average Bonchev–Trinajstić information content (AvgIpc) is 3.28. The van der Waals surface area contributed by atoms with Crippen molar-refractivity contribution >= 4 is 45.7 Å². The molecule has 0 spiro atoms. The van der Waals surface area contributed by atoms with E-state index in [1.165, 1.54) is 52.3 Å². The Morgan fingerprint density at radius 2 is 1.91 bits per heavy atom. The molecule has 0 bridgehead atoms. The molecule has 1 saturated heterocycles. The van der Waals surface area contributed by atoms with Gasteiger partial charge in [0.2, 0.25) is 5.91 Å². The molecular formula is C23H21FN4O3S. The van der Waals surface area contributed by atoms with Crippen molar-refractivity contribution in [2.75, 3.05) is 9.80 Å². The van der Waals surface area contributed by atoms with Crippen LogP contribution >= 0.6 is 11.3 Å². The maximum Gasteiger partial charge on any atom is 0.332 e. The van der Waals surface area contributed by atoms with Gasteiger partial charge in [0.25, 0.3) is 5.91 Å². The van der Waals surface area contributed by atoms with E-state index in [0.29, 0.717) is 22.2 Å². The Hall–Kier alpha value is -3.59. The Labute approximate surface area is 188 Å². The smallest absolute Gasteiger partial charge is 0.282 e. The second kappa shape index (κ2) is 8.51. The van der Waals surface area contributed by atoms with Gasteiger partial charge in [-0.25, -0.2) is 14.2 Å². The Kier molecular flexibility index (Phi) is 5.75. The van der Waals surface area contributed by atoms with Crippen molar-refractivity contribution in [3.8, 4) is 0 Å². The van der Waals surface area contributed by atoms with Crippen LogP contribution in [0.25, 0.3) is 0 Å². The van der Waals surface area contributed by atoms with Gasteiger partial charge in [-0.1, -0.05) is 12.1 Å². The fourth-order valence-corrected chi connectivity index (χ4v) is 4.51. The molecule has 0 radical (unpaired) electrons. The van der Waals surface area contributed by atoms with Gasteiger partial charge < -0.3 is 0 Å². The number of aryl methyl sites for hydroxylation is 1. The van der Waals surface area contributed by atoms with Crippen molar-refractivity contribution in [2.45, 2.75) is 33.4 Å². The first-order valence-electron chi connectivity index (χ1n) is 9.98. The zero-order valence-electron chi connectivity index (χ0n) is 17.8. The largest absolute Gasteiger partial charge is 0.332 e. The number of imide groups is 1. The van der Waals surface area contributed by atoms with Crippen LogP contribution in [0.3, 0.4) is 0 Å². The zero-order valence-corrected chi connectivity index (χ0v) is 18.6. The minimum atomic E-state index is -0.716. The highest BCUT2D eigenvalue weighted by Crippen LogP contribution is 2.31. The van der Waals surface area contributed by atoms with E-state index in [4.69, 9.17) is 0 Å². The molecule has 2 aromatic carbocycles. The number of rotatable bonds is 5. The number of carbonyl (C=O) groups is 3. The molecule has 3 aromatic rings. The summed E-state index contributed by atoms with van der Waals surface area (Å²) in [6.45, 7) is 5.01. The van der Waals surface area contributed by atoms with Crippen LogP contribution in [0.1, 0.15) is 25.1 Å². The molecule has 0 unspecified atom stereocenters. The van der Waals surface area contributed by atoms with Crippen LogP contribution in [0.5, 0.6) is 0 Å². The summed E-state index contributed by atoms with van der Waals surface area (Å²) < 4.78 is 13.3. The van der Waals surface area contributed by atoms with E-state index in [9.17, 15) is 18.8 Å². The van der Waals surface area contributed by atoms with Gasteiger partial charge in [0, 0.05) is 18.0 Å². The van der Waals surface area contributed by atoms with E-state index >= 15 is 0 Å². The SMILES string of the molecule is CC(=O)N(c1cccc(C)c1)c1nc(CN2C(=O)[C@H](C)N(c3ccc(F)cc3)C2=O)cs1. The highest BCUT2D eigenvalue weighted by molar-refractivity contribution is 7.14. The van der Waals surface area contributed by atoms with Crippen molar-refractivity contribution in [3.63, 3.8) is 0 Å². The van der Waals surface area contributed by atoms with Crippen LogP contribution in [0, 0.1) is 12.7 Å². The first kappa shape index (κ1) is 21.6. The minimum Gasteiger partial charge on any atom is -0.282 e. The molecule has 1 fully saturated rings. The van der Waals surface area contributed by atoms with Gasteiger partial charge in [-0.05, 0) is 55.8 Å². The summed E-state index contributed by atoms with van der Waals surface area (Å²) >= 11 is 1.26. The highest BCUT2D eigenvalue weighted by atomic mass is 32.1. The van der Waals surface area contributed by atoms with Gasteiger partial charge in [0.1, 0.15) is 11.9 Å². The number of benzene rings is 2. The Morgan fingerprint density at radius 1 is 1.19 bits per heavy atom. The molecule has 0 saturated carbocycles. The fourth-order valence-electron chi connectivity index (χ4n) is 3.63. The standard InChI is InChI=1S/C23H21FN4O3S/c1-14-5-4-6-20(11-14)28(16(3)29)22-25-18(13-32-22)12-26-21(30)15(2)27(23(26)31)19-9-7-17(24)8-10-19/h4-11,13,15H,12H2,1-3H3/t15-/m0/s1. The molecule has 9 heteroatoms. The average molecular weight is 453 g/mol. The molecule has 1 aliphatic heterocycles. The minimum absolute atomic E-state index is 0.0181. The maximum atomic E-state index is 13.3. The summed E-state index contributed by atoms with van der Waals surface area (Å²) in [5.41, 5.74) is 2.65. The van der Waals surface area contributed by atoms with Gasteiger partial charge in [-0.15, -0.1) is 11.3 Å². The number of amides is 4. The van der Waals surface area contributed by atoms with E-state index in [1.807, 2.05) is 31.2 Å². The summed E-state index contributed by atoms with van der Waals surface area (Å²) in [6, 6.07) is 11.7. The first-order chi connectivity index (χ1) is 15.3. The monoisotopic (exact) mass is 452 g/mol. The molecule has 0 N–H and O–H groups in total. The number of thiazole rings is 1. The zero-order chi connectivity index (χ0) is 23.0. The normalized spacial score (nSPS) is 16.1. The highest BCUT2D eigenvalue weighted by Gasteiger charge is 2.43. The summed E-state index contributed by atoms with van der Waals surface area (Å²) in [4.78, 5) is 46.5. The van der Waals surface area contributed by atoms with E-state index in [0.717, 1.165) is 10.5 Å². The lowest BCUT2D eigenvalue weighted by Crippen LogP contribution is -2.33. The van der Waals surface area contributed by atoms with Crippen molar-refractivity contribution in [1.82, 2.24) is 9.88 Å². The van der Waals surface area contributed by atoms with Crippen LogP contribution in [-0.2, 0) is 16.1 Å². The van der Waals surface area contributed by atoms with Crippen molar-refractivity contribution < 1.29 is 18.8 Å². The topological polar surface area (TPSA) is 73.8 Å². The molecule has 1 atom stereocenters. The van der Waals surface area contributed by atoms with Crippen molar-refractivity contribution in [1.29, 1.82) is 0 Å². The van der Waals surface area contributed by atoms with Crippen LogP contribution in [0.4, 0.5) is 25.7 Å². The van der Waals surface area contributed by atoms with E-state index in [-0.39, 0.29) is 18.4 Å². The number of nitrogens with zero attached hydrogens (tertiary/aromatic N) is 4. The first-order valence-corrected chi connectivity index (χ1v) is 10.9. The molecule has 0 aliphatic carbocycles. The summed E-state index contributed by atoms with van der Waals surface area (Å²) in [6.07, 6.45) is 0. The number of hydrogen-bond acceptors (Lipinski definition) is 5. The number of urea groups is 1. The van der Waals surface area contributed by atoms with Gasteiger partial charge in [0.05, 0.1) is 17.9 Å². The third-order valence-corrected chi connectivity index (χ3v) is 6.05. The molecule has 164 valence electrons. The molecule has 2 heterocycles. The number of anilines is 3. The second-order valence-corrected chi connectivity index (χ2v) is 8.38. The molecule has 4 rings (SSSR count). The summed E-state index contributed by atoms with van der Waals surface area (Å²) in [7, 11) is 0. The van der Waals surface area contributed by atoms with Gasteiger partial charge in [-0.3, -0.25) is 24.3 Å². The van der Waals surface area contributed by atoms with E-state index in [1.54, 1.807) is 12.3 Å². The van der Waals surface area contributed by atoms with Crippen LogP contribution in [-0.4, -0.2) is 33.8 Å². The molecule has 7 nitrogen and oxygen atoms in total. The summed E-state index contributed by atoms with van der Waals surface area (Å²) in [5.74, 6) is -0.980. The van der Waals surface area contributed by atoms with Gasteiger partial charge in [0.15, 0.2) is 5.13 Å². The Balaban J connectivity index is 1.57. The lowest BCUT2D eigenvalue weighted by atomic mass is 10.2. The predicted molar refractivity (Wildman–Crippen MR) is 120 cm³/mol. The Morgan fingerprint density at radius 3 is 2.56 bits per heavy atom. The lowest BCUT2D eigenvalue weighted by Gasteiger charge is -2.19. The van der Waals surface area contributed by atoms with Gasteiger partial charge in [-0.2, -0.15) is 0 Å². The summed E-state index contributed by atoms with van der Waals surface area (Å²) in [5, 5.41) is 2.19. The number of halogens is 1. The van der Waals surface area contributed by atoms with Gasteiger partial charge >= 0.3 is 6.03 Å². The third-order valence-electron chi connectivity index (χ3n) is 5.18. The Bertz CT molecular complexity index is 1190. The quantitative estimate of drug-likeness (QED) is 0.529. The third kappa shape index (κ3) is 3.99. The van der Waals surface area contributed by atoms with Crippen molar-refractivity contribution in [2.24, 2.45) is 0 Å². The van der Waals surface area contributed by atoms with Crippen LogP contribution in [0.2, 0.25) is 0 Å².